The van der Waals surface area contributed by atoms with Crippen LogP contribution in [0.3, 0.4) is 0 Å². The van der Waals surface area contributed by atoms with Gasteiger partial charge in [0.25, 0.3) is 0 Å². The van der Waals surface area contributed by atoms with E-state index in [1.54, 1.807) is 0 Å². The number of methoxy groups -OCH3 is 1. The van der Waals surface area contributed by atoms with Crippen LogP contribution < -0.4 is 11.1 Å². The van der Waals surface area contributed by atoms with Gasteiger partial charge in [0, 0.05) is 20.2 Å². The molecule has 0 aromatic heterocycles. The van der Waals surface area contributed by atoms with Crippen LogP contribution >= 0.6 is 12.4 Å². The van der Waals surface area contributed by atoms with Crippen molar-refractivity contribution in [2.45, 2.75) is 31.8 Å². The summed E-state index contributed by atoms with van der Waals surface area (Å²) in [4.78, 5) is 11.7. The fourth-order valence-electron chi connectivity index (χ4n) is 3.28. The van der Waals surface area contributed by atoms with E-state index in [1.807, 2.05) is 0 Å². The monoisotopic (exact) mass is 262 g/mol. The number of hydrogen-bond donors (Lipinski definition) is 2. The third kappa shape index (κ3) is 3.33. The summed E-state index contributed by atoms with van der Waals surface area (Å²) in [6, 6.07) is 0. The van der Waals surface area contributed by atoms with Crippen molar-refractivity contribution in [3.05, 3.63) is 0 Å². The molecule has 5 heteroatoms. The maximum absolute atomic E-state index is 11.7. The van der Waals surface area contributed by atoms with Crippen LogP contribution in [0.5, 0.6) is 0 Å². The van der Waals surface area contributed by atoms with Crippen LogP contribution in [0.15, 0.2) is 0 Å². The Balaban J connectivity index is 0.00000144. The minimum absolute atomic E-state index is 0. The zero-order valence-electron chi connectivity index (χ0n) is 10.4. The molecule has 3 N–H and O–H groups in total. The zero-order valence-corrected chi connectivity index (χ0v) is 11.2. The summed E-state index contributed by atoms with van der Waals surface area (Å²) in [6.45, 7) is 1.05. The Morgan fingerprint density at radius 3 is 2.71 bits per heavy atom. The van der Waals surface area contributed by atoms with E-state index >= 15 is 0 Å². The number of ether oxygens (including phenoxy) is 1. The van der Waals surface area contributed by atoms with Gasteiger partial charge in [-0.05, 0) is 37.0 Å². The predicted molar refractivity (Wildman–Crippen MR) is 69.0 cm³/mol. The zero-order chi connectivity index (χ0) is 11.5. The van der Waals surface area contributed by atoms with E-state index in [0.29, 0.717) is 5.92 Å². The number of nitrogens with two attached hydrogens (primary N) is 1. The van der Waals surface area contributed by atoms with Crippen LogP contribution in [-0.2, 0) is 9.53 Å². The fourth-order valence-corrected chi connectivity index (χ4v) is 3.28. The van der Waals surface area contributed by atoms with Crippen molar-refractivity contribution in [3.8, 4) is 0 Å². The first-order chi connectivity index (χ1) is 7.74. The van der Waals surface area contributed by atoms with Gasteiger partial charge in [-0.15, -0.1) is 12.4 Å². The first-order valence-corrected chi connectivity index (χ1v) is 6.25. The summed E-state index contributed by atoms with van der Waals surface area (Å²) in [6.07, 6.45) is 4.95. The van der Waals surface area contributed by atoms with Crippen molar-refractivity contribution in [1.82, 2.24) is 5.32 Å². The van der Waals surface area contributed by atoms with Gasteiger partial charge in [0.1, 0.15) is 6.10 Å². The van der Waals surface area contributed by atoms with Gasteiger partial charge in [-0.25, -0.2) is 0 Å². The number of rotatable bonds is 5. The first-order valence-electron chi connectivity index (χ1n) is 6.25. The lowest BCUT2D eigenvalue weighted by molar-refractivity contribution is -0.130. The van der Waals surface area contributed by atoms with Gasteiger partial charge in [0.2, 0.25) is 5.91 Å². The molecule has 2 bridgehead atoms. The molecular formula is C12H23ClN2O2. The molecule has 0 aromatic rings. The molecule has 4 atom stereocenters. The fraction of sp³-hybridized carbons (Fsp3) is 0.917. The van der Waals surface area contributed by atoms with Crippen LogP contribution in [0.4, 0.5) is 0 Å². The van der Waals surface area contributed by atoms with Crippen molar-refractivity contribution in [2.75, 3.05) is 20.2 Å². The Morgan fingerprint density at radius 1 is 1.47 bits per heavy atom. The quantitative estimate of drug-likeness (QED) is 0.775. The Bertz CT molecular complexity index is 259. The van der Waals surface area contributed by atoms with Gasteiger partial charge in [-0.2, -0.15) is 0 Å². The Kier molecular flexibility index (Phi) is 5.70. The number of fused-ring (bicyclic) bond motifs is 2. The Labute approximate surface area is 109 Å². The molecule has 2 aliphatic rings. The summed E-state index contributed by atoms with van der Waals surface area (Å²) >= 11 is 0. The molecule has 2 saturated carbocycles. The minimum Gasteiger partial charge on any atom is -0.370 e. The Morgan fingerprint density at radius 2 is 2.24 bits per heavy atom. The smallest absolute Gasteiger partial charge is 0.250 e. The lowest BCUT2D eigenvalue weighted by Crippen LogP contribution is -2.42. The van der Waals surface area contributed by atoms with Gasteiger partial charge < -0.3 is 15.8 Å². The topological polar surface area (TPSA) is 64.3 Å². The highest BCUT2D eigenvalue weighted by atomic mass is 35.5. The normalized spacial score (nSPS) is 32.0. The summed E-state index contributed by atoms with van der Waals surface area (Å²) in [5.74, 6) is 2.41. The average molecular weight is 263 g/mol. The standard InChI is InChI=1S/C12H22N2O2.ClH/c1-16-11(6-13)12(15)14-7-10-5-8-2-3-9(10)4-8;/h8-11H,2-7,13H2,1H3,(H,14,15);1H. The molecule has 100 valence electrons. The number of carbonyl (C=O) groups excluding carboxylic acids is 1. The molecule has 4 nitrogen and oxygen atoms in total. The number of nitrogens with one attached hydrogen (secondary N) is 1. The summed E-state index contributed by atoms with van der Waals surface area (Å²) in [7, 11) is 1.52. The molecule has 1 amide bonds. The van der Waals surface area contributed by atoms with Gasteiger partial charge in [-0.1, -0.05) is 6.42 Å². The maximum atomic E-state index is 11.7. The van der Waals surface area contributed by atoms with Crippen molar-refractivity contribution < 1.29 is 9.53 Å². The van der Waals surface area contributed by atoms with Crippen molar-refractivity contribution in [2.24, 2.45) is 23.5 Å². The second-order valence-electron chi connectivity index (χ2n) is 5.14. The van der Waals surface area contributed by atoms with Gasteiger partial charge >= 0.3 is 0 Å². The van der Waals surface area contributed by atoms with Crippen LogP contribution in [0.2, 0.25) is 0 Å². The van der Waals surface area contributed by atoms with Gasteiger partial charge in [-0.3, -0.25) is 4.79 Å². The van der Waals surface area contributed by atoms with Crippen molar-refractivity contribution in [1.29, 1.82) is 0 Å². The highest BCUT2D eigenvalue weighted by molar-refractivity contribution is 5.85. The molecule has 0 radical (unpaired) electrons. The molecule has 0 aromatic carbocycles. The van der Waals surface area contributed by atoms with E-state index in [0.717, 1.165) is 18.4 Å². The summed E-state index contributed by atoms with van der Waals surface area (Å²) in [5, 5.41) is 2.97. The second-order valence-corrected chi connectivity index (χ2v) is 5.14. The molecule has 17 heavy (non-hydrogen) atoms. The number of hydrogen-bond acceptors (Lipinski definition) is 3. The molecule has 0 heterocycles. The van der Waals surface area contributed by atoms with Gasteiger partial charge in [0.15, 0.2) is 0 Å². The Hall–Kier alpha value is -0.320. The second kappa shape index (κ2) is 6.57. The third-order valence-corrected chi connectivity index (χ3v) is 4.21. The summed E-state index contributed by atoms with van der Waals surface area (Å²) in [5.41, 5.74) is 5.44. The van der Waals surface area contributed by atoms with Crippen LogP contribution in [0, 0.1) is 17.8 Å². The van der Waals surface area contributed by atoms with Crippen LogP contribution in [-0.4, -0.2) is 32.2 Å². The highest BCUT2D eigenvalue weighted by Gasteiger charge is 2.39. The van der Waals surface area contributed by atoms with E-state index in [-0.39, 0.29) is 24.9 Å². The summed E-state index contributed by atoms with van der Waals surface area (Å²) < 4.78 is 5.00. The van der Waals surface area contributed by atoms with E-state index in [4.69, 9.17) is 10.5 Å². The molecule has 2 aliphatic carbocycles. The SMILES string of the molecule is COC(CN)C(=O)NCC1CC2CCC1C2.Cl. The van der Waals surface area contributed by atoms with E-state index < -0.39 is 6.10 Å². The lowest BCUT2D eigenvalue weighted by Gasteiger charge is -2.23. The minimum atomic E-state index is -0.487. The van der Waals surface area contributed by atoms with E-state index in [1.165, 1.54) is 32.8 Å². The van der Waals surface area contributed by atoms with Gasteiger partial charge in [0.05, 0.1) is 0 Å². The number of carbonyl (C=O) groups is 1. The third-order valence-electron chi connectivity index (χ3n) is 4.21. The lowest BCUT2D eigenvalue weighted by atomic mass is 9.89. The molecule has 0 saturated heterocycles. The maximum Gasteiger partial charge on any atom is 0.250 e. The molecular weight excluding hydrogens is 240 g/mol. The number of halogens is 1. The van der Waals surface area contributed by atoms with Crippen molar-refractivity contribution >= 4 is 18.3 Å². The predicted octanol–water partition coefficient (Wildman–Crippen LogP) is 0.934. The highest BCUT2D eigenvalue weighted by Crippen LogP contribution is 2.47. The first kappa shape index (κ1) is 14.7. The largest absolute Gasteiger partial charge is 0.370 e. The molecule has 4 unspecified atom stereocenters. The van der Waals surface area contributed by atoms with E-state index in [9.17, 15) is 4.79 Å². The average Bonchev–Trinajstić information content (AvgIpc) is 2.89. The molecule has 2 rings (SSSR count). The number of amides is 1. The van der Waals surface area contributed by atoms with E-state index in [2.05, 4.69) is 5.32 Å². The molecule has 0 aliphatic heterocycles. The molecule has 0 spiro atoms. The van der Waals surface area contributed by atoms with Crippen LogP contribution in [0.1, 0.15) is 25.7 Å². The van der Waals surface area contributed by atoms with Crippen molar-refractivity contribution in [3.63, 3.8) is 0 Å². The van der Waals surface area contributed by atoms with Crippen LogP contribution in [0.25, 0.3) is 0 Å². The molecule has 2 fully saturated rings.